The van der Waals surface area contributed by atoms with Crippen LogP contribution in [-0.2, 0) is 0 Å². The molecule has 26 heavy (non-hydrogen) atoms. The van der Waals surface area contributed by atoms with Gasteiger partial charge in [-0.1, -0.05) is 79.7 Å². The molecule has 0 amide bonds. The minimum atomic E-state index is 0.387. The van der Waals surface area contributed by atoms with Gasteiger partial charge < -0.3 is 4.57 Å². The molecule has 1 unspecified atom stereocenters. The second-order valence-electron chi connectivity index (χ2n) is 7.18. The SMILES string of the molecule is Cc1ccc2c(c1)-n1c(-c3ccccc3)cc(-c3ccccc3)c1C2C. The predicted octanol–water partition coefficient (Wildman–Crippen LogP) is 6.58. The first-order valence-corrected chi connectivity index (χ1v) is 9.21. The zero-order valence-electron chi connectivity index (χ0n) is 15.1. The zero-order chi connectivity index (χ0) is 17.7. The fourth-order valence-corrected chi connectivity index (χ4v) is 4.24. The number of aryl methyl sites for hydroxylation is 1. The molecule has 0 saturated carbocycles. The summed E-state index contributed by atoms with van der Waals surface area (Å²) >= 11 is 0. The van der Waals surface area contributed by atoms with Gasteiger partial charge in [0.05, 0.1) is 5.69 Å². The van der Waals surface area contributed by atoms with Crippen LogP contribution in [0, 0.1) is 6.92 Å². The molecule has 1 aliphatic heterocycles. The Labute approximate surface area is 154 Å². The normalized spacial score (nSPS) is 14.9. The molecular formula is C25H21N. The van der Waals surface area contributed by atoms with E-state index in [0.717, 1.165) is 0 Å². The fourth-order valence-electron chi connectivity index (χ4n) is 4.24. The van der Waals surface area contributed by atoms with Crippen LogP contribution in [0.4, 0.5) is 0 Å². The summed E-state index contributed by atoms with van der Waals surface area (Å²) in [5.41, 5.74) is 10.6. The highest BCUT2D eigenvalue weighted by atomic mass is 15.0. The minimum Gasteiger partial charge on any atom is -0.312 e. The van der Waals surface area contributed by atoms with Crippen molar-refractivity contribution in [2.75, 3.05) is 0 Å². The smallest absolute Gasteiger partial charge is 0.0538 e. The molecule has 0 fully saturated rings. The third-order valence-electron chi connectivity index (χ3n) is 5.50. The van der Waals surface area contributed by atoms with E-state index in [-0.39, 0.29) is 0 Å². The van der Waals surface area contributed by atoms with E-state index in [1.54, 1.807) is 0 Å². The number of fused-ring (bicyclic) bond motifs is 3. The minimum absolute atomic E-state index is 0.387. The number of rotatable bonds is 2. The highest BCUT2D eigenvalue weighted by molar-refractivity contribution is 5.81. The Bertz CT molecular complexity index is 1090. The van der Waals surface area contributed by atoms with Crippen LogP contribution in [0.3, 0.4) is 0 Å². The van der Waals surface area contributed by atoms with Crippen LogP contribution in [0.5, 0.6) is 0 Å². The van der Waals surface area contributed by atoms with E-state index in [1.165, 1.54) is 44.9 Å². The molecule has 0 N–H and O–H groups in total. The Morgan fingerprint density at radius 2 is 1.38 bits per heavy atom. The molecule has 4 aromatic rings. The van der Waals surface area contributed by atoms with E-state index in [1.807, 2.05) is 0 Å². The lowest BCUT2D eigenvalue weighted by Crippen LogP contribution is -1.96. The van der Waals surface area contributed by atoms with Gasteiger partial charge in [0, 0.05) is 22.9 Å². The van der Waals surface area contributed by atoms with Gasteiger partial charge in [0.2, 0.25) is 0 Å². The number of benzene rings is 3. The summed E-state index contributed by atoms with van der Waals surface area (Å²) in [6.45, 7) is 4.50. The van der Waals surface area contributed by atoms with Crippen molar-refractivity contribution in [3.8, 4) is 28.1 Å². The molecule has 0 radical (unpaired) electrons. The van der Waals surface area contributed by atoms with Crippen molar-refractivity contribution < 1.29 is 0 Å². The molecule has 1 heteroatoms. The number of nitrogens with zero attached hydrogens (tertiary/aromatic N) is 1. The van der Waals surface area contributed by atoms with Crippen molar-refractivity contribution in [3.05, 3.63) is 102 Å². The highest BCUT2D eigenvalue weighted by Gasteiger charge is 2.31. The summed E-state index contributed by atoms with van der Waals surface area (Å²) in [5.74, 6) is 0.387. The zero-order valence-corrected chi connectivity index (χ0v) is 15.1. The highest BCUT2D eigenvalue weighted by Crippen LogP contribution is 2.47. The second kappa shape index (κ2) is 5.74. The van der Waals surface area contributed by atoms with Crippen molar-refractivity contribution in [2.45, 2.75) is 19.8 Å². The molecule has 1 atom stereocenters. The van der Waals surface area contributed by atoms with Gasteiger partial charge in [0.1, 0.15) is 0 Å². The summed E-state index contributed by atoms with van der Waals surface area (Å²) < 4.78 is 2.48. The van der Waals surface area contributed by atoms with Gasteiger partial charge >= 0.3 is 0 Å². The van der Waals surface area contributed by atoms with Crippen LogP contribution in [0.25, 0.3) is 28.1 Å². The van der Waals surface area contributed by atoms with E-state index in [2.05, 4.69) is 103 Å². The van der Waals surface area contributed by atoms with Crippen LogP contribution >= 0.6 is 0 Å². The van der Waals surface area contributed by atoms with E-state index in [0.29, 0.717) is 5.92 Å². The predicted molar refractivity (Wildman–Crippen MR) is 109 cm³/mol. The first-order valence-electron chi connectivity index (χ1n) is 9.21. The maximum absolute atomic E-state index is 2.48. The standard InChI is InChI=1S/C25H21N/c1-17-13-14-21-18(2)25-22(19-9-5-3-6-10-19)16-23(26(25)24(21)15-17)20-11-7-4-8-12-20/h3-16,18H,1-2H3. The van der Waals surface area contributed by atoms with E-state index in [9.17, 15) is 0 Å². The Kier molecular flexibility index (Phi) is 3.36. The maximum atomic E-state index is 2.48. The average molecular weight is 335 g/mol. The molecule has 2 heterocycles. The fraction of sp³-hybridized carbons (Fsp3) is 0.120. The molecule has 0 aliphatic carbocycles. The first kappa shape index (κ1) is 15.2. The van der Waals surface area contributed by atoms with Crippen molar-refractivity contribution in [3.63, 3.8) is 0 Å². The molecule has 5 rings (SSSR count). The summed E-state index contributed by atoms with van der Waals surface area (Å²) in [4.78, 5) is 0. The van der Waals surface area contributed by atoms with Gasteiger partial charge in [-0.2, -0.15) is 0 Å². The van der Waals surface area contributed by atoms with Gasteiger partial charge in [-0.15, -0.1) is 0 Å². The van der Waals surface area contributed by atoms with Gasteiger partial charge in [0.25, 0.3) is 0 Å². The molecule has 1 nitrogen and oxygen atoms in total. The molecular weight excluding hydrogens is 314 g/mol. The molecule has 126 valence electrons. The van der Waals surface area contributed by atoms with Crippen LogP contribution in [0.1, 0.15) is 29.7 Å². The van der Waals surface area contributed by atoms with Crippen LogP contribution < -0.4 is 0 Å². The van der Waals surface area contributed by atoms with Gasteiger partial charge in [-0.25, -0.2) is 0 Å². The van der Waals surface area contributed by atoms with Gasteiger partial charge in [-0.3, -0.25) is 0 Å². The Morgan fingerprint density at radius 1 is 0.731 bits per heavy atom. The topological polar surface area (TPSA) is 4.93 Å². The molecule has 1 aliphatic rings. The number of hydrogen-bond acceptors (Lipinski definition) is 0. The molecule has 1 aromatic heterocycles. The van der Waals surface area contributed by atoms with Crippen molar-refractivity contribution in [1.82, 2.24) is 4.57 Å². The van der Waals surface area contributed by atoms with E-state index < -0.39 is 0 Å². The third kappa shape index (κ3) is 2.17. The molecule has 0 bridgehead atoms. The Hall–Kier alpha value is -3.06. The van der Waals surface area contributed by atoms with Gasteiger partial charge in [-0.05, 0) is 41.3 Å². The summed E-state index contributed by atoms with van der Waals surface area (Å²) in [7, 11) is 0. The lowest BCUT2D eigenvalue weighted by atomic mass is 9.93. The van der Waals surface area contributed by atoms with Crippen molar-refractivity contribution in [1.29, 1.82) is 0 Å². The van der Waals surface area contributed by atoms with E-state index >= 15 is 0 Å². The average Bonchev–Trinajstić information content (AvgIpc) is 3.21. The second-order valence-corrected chi connectivity index (χ2v) is 7.18. The molecule has 0 saturated heterocycles. The summed E-state index contributed by atoms with van der Waals surface area (Å²) in [6.07, 6.45) is 0. The summed E-state index contributed by atoms with van der Waals surface area (Å²) in [6, 6.07) is 30.7. The third-order valence-corrected chi connectivity index (χ3v) is 5.50. The molecule has 0 spiro atoms. The molecule has 3 aromatic carbocycles. The first-order chi connectivity index (χ1) is 12.7. The van der Waals surface area contributed by atoms with Crippen LogP contribution in [0.2, 0.25) is 0 Å². The maximum Gasteiger partial charge on any atom is 0.0538 e. The van der Waals surface area contributed by atoms with E-state index in [4.69, 9.17) is 0 Å². The lowest BCUT2D eigenvalue weighted by Gasteiger charge is -2.09. The number of aromatic nitrogens is 1. The van der Waals surface area contributed by atoms with Crippen molar-refractivity contribution in [2.24, 2.45) is 0 Å². The lowest BCUT2D eigenvalue weighted by molar-refractivity contribution is 0.913. The Balaban J connectivity index is 1.85. The van der Waals surface area contributed by atoms with Crippen molar-refractivity contribution >= 4 is 0 Å². The van der Waals surface area contributed by atoms with Crippen LogP contribution in [-0.4, -0.2) is 4.57 Å². The quantitative estimate of drug-likeness (QED) is 0.390. The monoisotopic (exact) mass is 335 g/mol. The van der Waals surface area contributed by atoms with Crippen LogP contribution in [0.15, 0.2) is 84.9 Å². The Morgan fingerprint density at radius 3 is 2.08 bits per heavy atom. The van der Waals surface area contributed by atoms with Gasteiger partial charge in [0.15, 0.2) is 0 Å². The summed E-state index contributed by atoms with van der Waals surface area (Å²) in [5, 5.41) is 0. The number of hydrogen-bond donors (Lipinski definition) is 0. The largest absolute Gasteiger partial charge is 0.312 e.